The first-order valence-electron chi connectivity index (χ1n) is 7.17. The summed E-state index contributed by atoms with van der Waals surface area (Å²) in [7, 11) is 0. The lowest BCUT2D eigenvalue weighted by Crippen LogP contribution is -2.04. The Morgan fingerprint density at radius 3 is 3.05 bits per heavy atom. The Bertz CT molecular complexity index is 958. The number of benzene rings is 1. The lowest BCUT2D eigenvalue weighted by Gasteiger charge is -2.07. The largest absolute Gasteiger partial charge is 0.350 e. The number of nitrogens with one attached hydrogen (secondary N) is 1. The van der Waals surface area contributed by atoms with Crippen LogP contribution >= 0.6 is 0 Å². The highest BCUT2D eigenvalue weighted by molar-refractivity contribution is 5.79. The van der Waals surface area contributed by atoms with Crippen LogP contribution in [0.3, 0.4) is 0 Å². The maximum atomic E-state index is 4.54. The molecule has 22 heavy (non-hydrogen) atoms. The van der Waals surface area contributed by atoms with Crippen molar-refractivity contribution in [2.45, 2.75) is 13.5 Å². The van der Waals surface area contributed by atoms with Gasteiger partial charge in [-0.25, -0.2) is 15.0 Å². The van der Waals surface area contributed by atoms with Crippen molar-refractivity contribution in [1.29, 1.82) is 0 Å². The molecule has 108 valence electrons. The summed E-state index contributed by atoms with van der Waals surface area (Å²) in [4.78, 5) is 13.2. The number of aromatic nitrogens is 4. The fraction of sp³-hybridized carbons (Fsp3) is 0.118. The maximum Gasteiger partial charge on any atom is 0.223 e. The monoisotopic (exact) mass is 289 g/mol. The number of pyridine rings is 1. The third-order valence-electron chi connectivity index (χ3n) is 3.64. The number of hydrogen-bond donors (Lipinski definition) is 1. The van der Waals surface area contributed by atoms with E-state index in [0.29, 0.717) is 12.5 Å². The lowest BCUT2D eigenvalue weighted by molar-refractivity contribution is 1.04. The van der Waals surface area contributed by atoms with Crippen LogP contribution in [0.4, 0.5) is 5.95 Å². The number of nitrogens with zero attached hydrogens (tertiary/aromatic N) is 4. The summed E-state index contributed by atoms with van der Waals surface area (Å²) in [5.41, 5.74) is 4.26. The van der Waals surface area contributed by atoms with Gasteiger partial charge in [0.1, 0.15) is 5.65 Å². The van der Waals surface area contributed by atoms with E-state index in [-0.39, 0.29) is 0 Å². The minimum atomic E-state index is 0.641. The molecule has 0 aliphatic heterocycles. The number of imidazole rings is 1. The topological polar surface area (TPSA) is 55.1 Å². The standard InChI is InChI=1S/C17H15N5/c1-12-2-4-15-14(8-12)10-20-17(21-15)19-9-13-3-5-16-18-6-7-22(16)11-13/h2-8,10-11H,9H2,1H3,(H,19,20,21). The van der Waals surface area contributed by atoms with Gasteiger partial charge in [-0.15, -0.1) is 0 Å². The first-order chi connectivity index (χ1) is 10.8. The molecule has 0 atom stereocenters. The Hall–Kier alpha value is -2.95. The molecule has 0 aliphatic rings. The van der Waals surface area contributed by atoms with Crippen molar-refractivity contribution in [1.82, 2.24) is 19.4 Å². The molecule has 3 heterocycles. The highest BCUT2D eigenvalue weighted by atomic mass is 15.1. The van der Waals surface area contributed by atoms with Crippen molar-refractivity contribution in [3.05, 3.63) is 66.2 Å². The van der Waals surface area contributed by atoms with Crippen molar-refractivity contribution in [3.63, 3.8) is 0 Å². The van der Waals surface area contributed by atoms with Crippen LogP contribution in [-0.2, 0) is 6.54 Å². The average Bonchev–Trinajstić information content (AvgIpc) is 3.00. The number of aryl methyl sites for hydroxylation is 1. The van der Waals surface area contributed by atoms with Crippen molar-refractivity contribution in [2.24, 2.45) is 0 Å². The van der Waals surface area contributed by atoms with Gasteiger partial charge < -0.3 is 9.72 Å². The second kappa shape index (κ2) is 5.11. The Morgan fingerprint density at radius 1 is 1.14 bits per heavy atom. The molecular weight excluding hydrogens is 274 g/mol. The van der Waals surface area contributed by atoms with Crippen LogP contribution in [0.15, 0.2) is 55.1 Å². The van der Waals surface area contributed by atoms with E-state index in [2.05, 4.69) is 51.6 Å². The van der Waals surface area contributed by atoms with E-state index >= 15 is 0 Å². The van der Waals surface area contributed by atoms with E-state index in [1.54, 1.807) is 6.20 Å². The zero-order chi connectivity index (χ0) is 14.9. The molecule has 4 aromatic rings. The van der Waals surface area contributed by atoms with E-state index in [1.165, 1.54) is 5.56 Å². The van der Waals surface area contributed by atoms with Gasteiger partial charge >= 0.3 is 0 Å². The van der Waals surface area contributed by atoms with Crippen molar-refractivity contribution < 1.29 is 0 Å². The summed E-state index contributed by atoms with van der Waals surface area (Å²) in [5.74, 6) is 0.641. The van der Waals surface area contributed by atoms with Crippen LogP contribution in [0.2, 0.25) is 0 Å². The van der Waals surface area contributed by atoms with Gasteiger partial charge in [-0.2, -0.15) is 0 Å². The third kappa shape index (κ3) is 2.37. The second-order valence-corrected chi connectivity index (χ2v) is 5.34. The maximum absolute atomic E-state index is 4.54. The Morgan fingerprint density at radius 2 is 2.09 bits per heavy atom. The molecule has 5 nitrogen and oxygen atoms in total. The molecule has 0 bridgehead atoms. The molecule has 1 aromatic carbocycles. The molecule has 4 rings (SSSR count). The van der Waals surface area contributed by atoms with Gasteiger partial charge in [0.15, 0.2) is 0 Å². The summed E-state index contributed by atoms with van der Waals surface area (Å²) in [6.45, 7) is 2.74. The molecule has 0 radical (unpaired) electrons. The van der Waals surface area contributed by atoms with Gasteiger partial charge in [-0.05, 0) is 30.7 Å². The highest BCUT2D eigenvalue weighted by Crippen LogP contribution is 2.15. The van der Waals surface area contributed by atoms with Crippen LogP contribution in [0, 0.1) is 6.92 Å². The molecule has 5 heteroatoms. The van der Waals surface area contributed by atoms with Gasteiger partial charge in [-0.1, -0.05) is 17.7 Å². The number of anilines is 1. The van der Waals surface area contributed by atoms with Crippen LogP contribution in [-0.4, -0.2) is 19.4 Å². The Balaban J connectivity index is 1.56. The fourth-order valence-electron chi connectivity index (χ4n) is 2.49. The minimum Gasteiger partial charge on any atom is -0.350 e. The third-order valence-corrected chi connectivity index (χ3v) is 3.64. The summed E-state index contributed by atoms with van der Waals surface area (Å²) in [5, 5.41) is 4.33. The molecule has 0 spiro atoms. The highest BCUT2D eigenvalue weighted by Gasteiger charge is 2.01. The molecule has 0 aliphatic carbocycles. The molecule has 3 aromatic heterocycles. The van der Waals surface area contributed by atoms with Crippen molar-refractivity contribution in [2.75, 3.05) is 5.32 Å². The SMILES string of the molecule is Cc1ccc2nc(NCc3ccc4nccn4c3)ncc2c1. The van der Waals surface area contributed by atoms with E-state index < -0.39 is 0 Å². The Labute approximate surface area is 127 Å². The molecule has 0 saturated heterocycles. The van der Waals surface area contributed by atoms with Gasteiger partial charge in [0.2, 0.25) is 5.95 Å². The molecule has 1 N–H and O–H groups in total. The molecule has 0 amide bonds. The van der Waals surface area contributed by atoms with E-state index in [0.717, 1.165) is 22.1 Å². The second-order valence-electron chi connectivity index (χ2n) is 5.34. The summed E-state index contributed by atoms with van der Waals surface area (Å²) in [6.07, 6.45) is 7.64. The zero-order valence-corrected chi connectivity index (χ0v) is 12.2. The predicted molar refractivity (Wildman–Crippen MR) is 86.8 cm³/mol. The molecule has 0 unspecified atom stereocenters. The van der Waals surface area contributed by atoms with E-state index in [9.17, 15) is 0 Å². The lowest BCUT2D eigenvalue weighted by atomic mass is 10.2. The van der Waals surface area contributed by atoms with Crippen LogP contribution in [0.5, 0.6) is 0 Å². The fourth-order valence-corrected chi connectivity index (χ4v) is 2.49. The van der Waals surface area contributed by atoms with Crippen LogP contribution in [0.25, 0.3) is 16.6 Å². The molecule has 0 fully saturated rings. The molecular formula is C17H15N5. The number of fused-ring (bicyclic) bond motifs is 2. The first kappa shape index (κ1) is 12.8. The van der Waals surface area contributed by atoms with Gasteiger partial charge in [0.05, 0.1) is 5.52 Å². The van der Waals surface area contributed by atoms with Crippen molar-refractivity contribution >= 4 is 22.5 Å². The summed E-state index contributed by atoms with van der Waals surface area (Å²) < 4.78 is 2.00. The van der Waals surface area contributed by atoms with Crippen molar-refractivity contribution in [3.8, 4) is 0 Å². The minimum absolute atomic E-state index is 0.641. The van der Waals surface area contributed by atoms with Gasteiger partial charge in [0.25, 0.3) is 0 Å². The average molecular weight is 289 g/mol. The zero-order valence-electron chi connectivity index (χ0n) is 12.2. The first-order valence-corrected chi connectivity index (χ1v) is 7.17. The van der Waals surface area contributed by atoms with E-state index in [1.807, 2.05) is 28.9 Å². The normalized spacial score (nSPS) is 11.1. The Kier molecular flexibility index (Phi) is 2.96. The van der Waals surface area contributed by atoms with Crippen LogP contribution < -0.4 is 5.32 Å². The molecule has 0 saturated carbocycles. The van der Waals surface area contributed by atoms with E-state index in [4.69, 9.17) is 0 Å². The van der Waals surface area contributed by atoms with Gasteiger partial charge in [0, 0.05) is 36.7 Å². The number of rotatable bonds is 3. The predicted octanol–water partition coefficient (Wildman–Crippen LogP) is 3.20. The summed E-state index contributed by atoms with van der Waals surface area (Å²) >= 11 is 0. The smallest absolute Gasteiger partial charge is 0.223 e. The number of hydrogen-bond acceptors (Lipinski definition) is 4. The van der Waals surface area contributed by atoms with Crippen LogP contribution in [0.1, 0.15) is 11.1 Å². The summed E-state index contributed by atoms with van der Waals surface area (Å²) in [6, 6.07) is 10.2. The quantitative estimate of drug-likeness (QED) is 0.629. The van der Waals surface area contributed by atoms with Gasteiger partial charge in [-0.3, -0.25) is 0 Å².